The number of aryl methyl sites for hydroxylation is 1. The molecule has 112 valence electrons. The lowest BCUT2D eigenvalue weighted by atomic mass is 10.2. The molecule has 0 saturated carbocycles. The van der Waals surface area contributed by atoms with Crippen molar-refractivity contribution in [3.05, 3.63) is 32.8 Å². The first-order valence-electron chi connectivity index (χ1n) is 5.66. The second kappa shape index (κ2) is 6.04. The van der Waals surface area contributed by atoms with Gasteiger partial charge in [-0.25, -0.2) is 8.42 Å². The van der Waals surface area contributed by atoms with Gasteiger partial charge < -0.3 is 5.11 Å². The van der Waals surface area contributed by atoms with Gasteiger partial charge in [0.2, 0.25) is 10.0 Å². The summed E-state index contributed by atoms with van der Waals surface area (Å²) >= 11 is 5.72. The fourth-order valence-electron chi connectivity index (χ4n) is 1.70. The summed E-state index contributed by atoms with van der Waals surface area (Å²) in [5.74, 6) is 0. The predicted octanol–water partition coefficient (Wildman–Crippen LogP) is 1.56. The number of nitro benzene ring substituents is 1. The van der Waals surface area contributed by atoms with Crippen LogP contribution < -0.4 is 0 Å². The Morgan fingerprint density at radius 2 is 2.05 bits per heavy atom. The molecular weight excluding hydrogens is 308 g/mol. The van der Waals surface area contributed by atoms with Gasteiger partial charge in [0.05, 0.1) is 15.9 Å². The minimum atomic E-state index is -3.93. The van der Waals surface area contributed by atoms with E-state index >= 15 is 0 Å². The fraction of sp³-hybridized carbons (Fsp3) is 0.455. The van der Waals surface area contributed by atoms with Crippen molar-refractivity contribution in [2.45, 2.75) is 24.8 Å². The molecule has 0 aliphatic rings. The molecule has 1 unspecified atom stereocenters. The molecule has 0 spiro atoms. The lowest BCUT2D eigenvalue weighted by molar-refractivity contribution is -0.384. The van der Waals surface area contributed by atoms with E-state index in [0.29, 0.717) is 5.56 Å². The van der Waals surface area contributed by atoms with E-state index in [1.165, 1.54) is 27.0 Å². The van der Waals surface area contributed by atoms with Crippen molar-refractivity contribution < 1.29 is 18.4 Å². The third kappa shape index (κ3) is 3.45. The number of halogens is 1. The van der Waals surface area contributed by atoms with E-state index in [9.17, 15) is 23.6 Å². The number of nitro groups is 1. The summed E-state index contributed by atoms with van der Waals surface area (Å²) in [6, 6.07) is 2.17. The van der Waals surface area contributed by atoms with Gasteiger partial charge in [0.1, 0.15) is 5.02 Å². The summed E-state index contributed by atoms with van der Waals surface area (Å²) in [7, 11) is -2.63. The van der Waals surface area contributed by atoms with Gasteiger partial charge in [-0.1, -0.05) is 11.6 Å². The third-order valence-electron chi connectivity index (χ3n) is 2.65. The highest BCUT2D eigenvalue weighted by atomic mass is 35.5. The van der Waals surface area contributed by atoms with Gasteiger partial charge in [-0.3, -0.25) is 10.1 Å². The van der Waals surface area contributed by atoms with Gasteiger partial charge in [-0.15, -0.1) is 0 Å². The standard InChI is InChI=1S/C11H15ClN2O5S/c1-7-4-9(12)10(14(16)17)5-11(7)20(18,19)13(3)6-8(2)15/h4-5,8,15H,6H2,1-3H3. The largest absolute Gasteiger partial charge is 0.392 e. The number of hydrogen-bond acceptors (Lipinski definition) is 5. The molecule has 20 heavy (non-hydrogen) atoms. The van der Waals surface area contributed by atoms with Crippen LogP contribution in [0, 0.1) is 17.0 Å². The lowest BCUT2D eigenvalue weighted by Crippen LogP contribution is -2.33. The summed E-state index contributed by atoms with van der Waals surface area (Å²) in [6.07, 6.45) is -0.850. The average Bonchev–Trinajstić information content (AvgIpc) is 2.26. The molecular formula is C11H15ClN2O5S. The zero-order valence-corrected chi connectivity index (χ0v) is 12.8. The maximum atomic E-state index is 12.3. The summed E-state index contributed by atoms with van der Waals surface area (Å²) in [4.78, 5) is 9.89. The van der Waals surface area contributed by atoms with Crippen LogP contribution in [0.3, 0.4) is 0 Å². The molecule has 0 amide bonds. The number of aliphatic hydroxyl groups is 1. The number of benzene rings is 1. The summed E-state index contributed by atoms with van der Waals surface area (Å²) < 4.78 is 25.6. The maximum Gasteiger partial charge on any atom is 0.289 e. The molecule has 7 nitrogen and oxygen atoms in total. The van der Waals surface area contributed by atoms with Crippen molar-refractivity contribution in [3.63, 3.8) is 0 Å². The number of nitrogens with zero attached hydrogens (tertiary/aromatic N) is 2. The van der Waals surface area contributed by atoms with Crippen LogP contribution in [0.5, 0.6) is 0 Å². The molecule has 0 saturated heterocycles. The van der Waals surface area contributed by atoms with Gasteiger partial charge in [-0.2, -0.15) is 4.31 Å². The first-order valence-corrected chi connectivity index (χ1v) is 7.48. The van der Waals surface area contributed by atoms with Crippen molar-refractivity contribution in [1.82, 2.24) is 4.31 Å². The van der Waals surface area contributed by atoms with Crippen molar-refractivity contribution in [1.29, 1.82) is 0 Å². The molecule has 0 heterocycles. The molecule has 1 atom stereocenters. The zero-order chi connectivity index (χ0) is 15.7. The van der Waals surface area contributed by atoms with E-state index in [2.05, 4.69) is 0 Å². The Bertz CT molecular complexity index is 630. The van der Waals surface area contributed by atoms with Crippen molar-refractivity contribution in [2.75, 3.05) is 13.6 Å². The van der Waals surface area contributed by atoms with E-state index in [0.717, 1.165) is 10.4 Å². The summed E-state index contributed by atoms with van der Waals surface area (Å²) in [5, 5.41) is 20.0. The Morgan fingerprint density at radius 3 is 2.50 bits per heavy atom. The van der Waals surface area contributed by atoms with Crippen LogP contribution in [0.1, 0.15) is 12.5 Å². The van der Waals surface area contributed by atoms with E-state index in [4.69, 9.17) is 11.6 Å². The predicted molar refractivity (Wildman–Crippen MR) is 74.3 cm³/mol. The number of aliphatic hydroxyl groups excluding tert-OH is 1. The van der Waals surface area contributed by atoms with Crippen molar-refractivity contribution in [2.24, 2.45) is 0 Å². The smallest absolute Gasteiger partial charge is 0.289 e. The number of hydrogen-bond donors (Lipinski definition) is 1. The summed E-state index contributed by atoms with van der Waals surface area (Å²) in [6.45, 7) is 2.83. The van der Waals surface area contributed by atoms with Crippen molar-refractivity contribution in [3.8, 4) is 0 Å². The number of likely N-dealkylation sites (N-methyl/N-ethyl adjacent to an activating group) is 1. The van der Waals surface area contributed by atoms with Crippen LogP contribution >= 0.6 is 11.6 Å². The van der Waals surface area contributed by atoms with E-state index in [1.54, 1.807) is 0 Å². The molecule has 9 heteroatoms. The molecule has 1 rings (SSSR count). The van der Waals surface area contributed by atoms with Crippen LogP contribution in [0.4, 0.5) is 5.69 Å². The minimum Gasteiger partial charge on any atom is -0.392 e. The zero-order valence-electron chi connectivity index (χ0n) is 11.2. The van der Waals surface area contributed by atoms with Crippen LogP contribution in [0.15, 0.2) is 17.0 Å². The highest BCUT2D eigenvalue weighted by Gasteiger charge is 2.27. The second-order valence-corrected chi connectivity index (χ2v) is 6.88. The Hall–Kier alpha value is -1.22. The molecule has 0 bridgehead atoms. The first kappa shape index (κ1) is 16.8. The Labute approximate surface area is 122 Å². The van der Waals surface area contributed by atoms with Gasteiger partial charge in [0.15, 0.2) is 0 Å². The first-order chi connectivity index (χ1) is 9.07. The molecule has 0 aliphatic carbocycles. The molecule has 0 radical (unpaired) electrons. The number of rotatable bonds is 5. The second-order valence-electron chi connectivity index (χ2n) is 4.46. The van der Waals surface area contributed by atoms with Gasteiger partial charge in [-0.05, 0) is 25.5 Å². The third-order valence-corrected chi connectivity index (χ3v) is 4.92. The average molecular weight is 323 g/mol. The van der Waals surface area contributed by atoms with Gasteiger partial charge in [0, 0.05) is 19.7 Å². The molecule has 0 fully saturated rings. The van der Waals surface area contributed by atoms with Gasteiger partial charge in [0.25, 0.3) is 5.69 Å². The molecule has 0 aliphatic heterocycles. The normalized spacial score (nSPS) is 13.5. The van der Waals surface area contributed by atoms with Crippen LogP contribution in [-0.2, 0) is 10.0 Å². The van der Waals surface area contributed by atoms with Crippen LogP contribution in [0.25, 0.3) is 0 Å². The molecule has 1 N–H and O–H groups in total. The minimum absolute atomic E-state index is 0.113. The maximum absolute atomic E-state index is 12.3. The van der Waals surface area contributed by atoms with Crippen LogP contribution in [-0.4, -0.2) is 42.4 Å². The Balaban J connectivity index is 3.38. The molecule has 1 aromatic carbocycles. The molecule has 1 aromatic rings. The monoisotopic (exact) mass is 322 g/mol. The number of sulfonamides is 1. The van der Waals surface area contributed by atoms with Crippen molar-refractivity contribution >= 4 is 27.3 Å². The highest BCUT2D eigenvalue weighted by Crippen LogP contribution is 2.31. The van der Waals surface area contributed by atoms with E-state index < -0.39 is 26.7 Å². The highest BCUT2D eigenvalue weighted by molar-refractivity contribution is 7.89. The lowest BCUT2D eigenvalue weighted by Gasteiger charge is -2.19. The quantitative estimate of drug-likeness (QED) is 0.655. The van der Waals surface area contributed by atoms with E-state index in [1.807, 2.05) is 0 Å². The summed E-state index contributed by atoms with van der Waals surface area (Å²) in [5.41, 5.74) is -0.167. The SMILES string of the molecule is Cc1cc(Cl)c([N+](=O)[O-])cc1S(=O)(=O)N(C)CC(C)O. The Kier molecular flexibility index (Phi) is 5.09. The topological polar surface area (TPSA) is 101 Å². The van der Waals surface area contributed by atoms with Crippen LogP contribution in [0.2, 0.25) is 5.02 Å². The van der Waals surface area contributed by atoms with Gasteiger partial charge >= 0.3 is 0 Å². The Morgan fingerprint density at radius 1 is 1.50 bits per heavy atom. The van der Waals surface area contributed by atoms with E-state index in [-0.39, 0.29) is 16.5 Å². The molecule has 0 aromatic heterocycles. The fourth-order valence-corrected chi connectivity index (χ4v) is 3.46.